The van der Waals surface area contributed by atoms with Crippen LogP contribution in [0, 0.1) is 17.3 Å². The van der Waals surface area contributed by atoms with Gasteiger partial charge in [-0.1, -0.05) is 26.2 Å². The maximum Gasteiger partial charge on any atom is 0.341 e. The van der Waals surface area contributed by atoms with Crippen molar-refractivity contribution in [2.75, 3.05) is 38.1 Å². The predicted molar refractivity (Wildman–Crippen MR) is 143 cm³/mol. The Bertz CT molecular complexity index is 1260. The van der Waals surface area contributed by atoms with Crippen LogP contribution < -0.4 is 14.7 Å². The van der Waals surface area contributed by atoms with E-state index in [1.165, 1.54) is 6.42 Å². The number of aryl methyl sites for hydroxylation is 1. The second-order valence-corrected chi connectivity index (χ2v) is 12.0. The number of hydrogen-bond acceptors (Lipinski definition) is 6. The first-order valence-electron chi connectivity index (χ1n) is 13.8. The van der Waals surface area contributed by atoms with Gasteiger partial charge in [0, 0.05) is 70.2 Å². The highest BCUT2D eigenvalue weighted by atomic mass is 16.2. The van der Waals surface area contributed by atoms with E-state index < -0.39 is 6.04 Å². The molecule has 0 aromatic carbocycles. The molecule has 2 aromatic heterocycles. The summed E-state index contributed by atoms with van der Waals surface area (Å²) >= 11 is 0. The molecule has 38 heavy (non-hydrogen) atoms. The number of pyridine rings is 1. The van der Waals surface area contributed by atoms with Crippen LogP contribution in [0.1, 0.15) is 50.0 Å². The van der Waals surface area contributed by atoms with Crippen molar-refractivity contribution >= 4 is 29.2 Å². The molecule has 5 atom stereocenters. The molecule has 2 saturated carbocycles. The Morgan fingerprint density at radius 3 is 2.42 bits per heavy atom. The van der Waals surface area contributed by atoms with E-state index in [1.807, 2.05) is 30.3 Å². The van der Waals surface area contributed by atoms with Crippen molar-refractivity contribution in [1.82, 2.24) is 29.5 Å². The van der Waals surface area contributed by atoms with E-state index in [4.69, 9.17) is 4.98 Å². The molecule has 202 valence electrons. The number of fused-ring (bicyclic) bond motifs is 1. The van der Waals surface area contributed by atoms with E-state index in [1.54, 1.807) is 30.9 Å². The number of hydrogen-bond donors (Lipinski definition) is 1. The first kappa shape index (κ1) is 25.0. The molecule has 4 aliphatic rings. The molecule has 10 heteroatoms. The maximum atomic E-state index is 14.4. The van der Waals surface area contributed by atoms with Gasteiger partial charge in [0.05, 0.1) is 13.2 Å². The van der Waals surface area contributed by atoms with E-state index in [2.05, 4.69) is 22.2 Å². The Morgan fingerprint density at radius 2 is 1.87 bits per heavy atom. The number of nitrogens with one attached hydrogen (secondary N) is 1. The minimum atomic E-state index is -0.559. The average Bonchev–Trinajstić information content (AvgIpc) is 3.41. The molecule has 10 nitrogen and oxygen atoms in total. The molecule has 0 radical (unpaired) electrons. The van der Waals surface area contributed by atoms with Crippen LogP contribution in [0.15, 0.2) is 30.6 Å². The molecule has 4 heterocycles. The molecule has 4 fully saturated rings. The van der Waals surface area contributed by atoms with E-state index in [0.717, 1.165) is 43.9 Å². The number of likely N-dealkylation sites (N-methyl/N-ethyl adjacent to an activating group) is 1. The van der Waals surface area contributed by atoms with Crippen LogP contribution in [0.25, 0.3) is 0 Å². The van der Waals surface area contributed by atoms with Crippen LogP contribution in [0.5, 0.6) is 0 Å². The van der Waals surface area contributed by atoms with Crippen molar-refractivity contribution in [2.24, 2.45) is 24.3 Å². The van der Waals surface area contributed by atoms with Crippen molar-refractivity contribution in [1.29, 1.82) is 0 Å². The van der Waals surface area contributed by atoms with Crippen LogP contribution in [0.2, 0.25) is 0 Å². The van der Waals surface area contributed by atoms with Gasteiger partial charge < -0.3 is 15.1 Å². The Kier molecular flexibility index (Phi) is 5.86. The van der Waals surface area contributed by atoms with Gasteiger partial charge in [0.1, 0.15) is 23.6 Å². The van der Waals surface area contributed by atoms with Gasteiger partial charge in [-0.15, -0.1) is 0 Å². The van der Waals surface area contributed by atoms with Gasteiger partial charge in [0.25, 0.3) is 5.91 Å². The van der Waals surface area contributed by atoms with Crippen LogP contribution >= 0.6 is 0 Å². The minimum absolute atomic E-state index is 0.0140. The highest BCUT2D eigenvalue weighted by Crippen LogP contribution is 2.65. The summed E-state index contributed by atoms with van der Waals surface area (Å²) in [4.78, 5) is 48.2. The lowest BCUT2D eigenvalue weighted by molar-refractivity contribution is -0.140. The molecule has 6 rings (SSSR count). The molecule has 0 bridgehead atoms. The SMILES string of the molecule is CC(=O)N1CCN(c2ccc([N+]3(C)C(=O)[C@@H](NC(=O)c4ccnn4C)C(C4CCC4)C4(C)CC43)cn2)CC1. The highest BCUT2D eigenvalue weighted by molar-refractivity contribution is 6.01. The summed E-state index contributed by atoms with van der Waals surface area (Å²) in [7, 11) is 3.74. The molecule has 4 unspecified atom stereocenters. The summed E-state index contributed by atoms with van der Waals surface area (Å²) in [5.41, 5.74) is 1.31. The Morgan fingerprint density at radius 1 is 1.13 bits per heavy atom. The molecule has 2 saturated heterocycles. The number of rotatable bonds is 5. The number of carbonyl (C=O) groups is 3. The fraction of sp³-hybridized carbons (Fsp3) is 0.607. The van der Waals surface area contributed by atoms with Crippen molar-refractivity contribution < 1.29 is 14.4 Å². The van der Waals surface area contributed by atoms with Crippen molar-refractivity contribution in [3.8, 4) is 0 Å². The normalized spacial score (nSPS) is 32.9. The van der Waals surface area contributed by atoms with Gasteiger partial charge in [0.2, 0.25) is 5.91 Å². The minimum Gasteiger partial charge on any atom is -0.353 e. The first-order valence-corrected chi connectivity index (χ1v) is 13.8. The number of likely N-dealkylation sites (tertiary alicyclic amines) is 1. The summed E-state index contributed by atoms with van der Waals surface area (Å²) < 4.78 is 1.71. The second-order valence-electron chi connectivity index (χ2n) is 12.0. The number of quaternary nitrogens is 1. The number of carbonyl (C=O) groups excluding carboxylic acids is 3. The van der Waals surface area contributed by atoms with Crippen LogP contribution in [-0.4, -0.2) is 82.7 Å². The van der Waals surface area contributed by atoms with E-state index in [0.29, 0.717) is 24.7 Å². The summed E-state index contributed by atoms with van der Waals surface area (Å²) in [5, 5.41) is 7.31. The molecule has 3 amide bonds. The Balaban J connectivity index is 1.28. The highest BCUT2D eigenvalue weighted by Gasteiger charge is 2.75. The van der Waals surface area contributed by atoms with Crippen LogP contribution in [0.3, 0.4) is 0 Å². The number of nitrogens with zero attached hydrogens (tertiary/aromatic N) is 6. The second kappa shape index (κ2) is 8.90. The number of piperidine rings is 1. The van der Waals surface area contributed by atoms with Crippen molar-refractivity contribution in [3.05, 3.63) is 36.3 Å². The lowest BCUT2D eigenvalue weighted by Crippen LogP contribution is -2.69. The average molecular weight is 521 g/mol. The Hall–Kier alpha value is -3.27. The van der Waals surface area contributed by atoms with E-state index in [-0.39, 0.29) is 39.6 Å². The van der Waals surface area contributed by atoms with E-state index >= 15 is 0 Å². The molecule has 2 aliphatic carbocycles. The van der Waals surface area contributed by atoms with Crippen molar-refractivity contribution in [2.45, 2.75) is 51.6 Å². The lowest BCUT2D eigenvalue weighted by Gasteiger charge is -2.49. The zero-order chi connectivity index (χ0) is 26.8. The van der Waals surface area contributed by atoms with Gasteiger partial charge in [0.15, 0.2) is 5.69 Å². The quantitative estimate of drug-likeness (QED) is 0.605. The molecule has 0 spiro atoms. The summed E-state index contributed by atoms with van der Waals surface area (Å²) in [6.45, 7) is 6.77. The smallest absolute Gasteiger partial charge is 0.341 e. The van der Waals surface area contributed by atoms with E-state index in [9.17, 15) is 14.4 Å². The monoisotopic (exact) mass is 520 g/mol. The summed E-state index contributed by atoms with van der Waals surface area (Å²) in [6.07, 6.45) is 7.84. The van der Waals surface area contributed by atoms with Crippen LogP contribution in [-0.2, 0) is 16.6 Å². The lowest BCUT2D eigenvalue weighted by atomic mass is 9.64. The fourth-order valence-corrected chi connectivity index (χ4v) is 7.44. The number of aromatic nitrogens is 3. The first-order chi connectivity index (χ1) is 18.1. The topological polar surface area (TPSA) is 100 Å². The molecule has 2 aliphatic heterocycles. The maximum absolute atomic E-state index is 14.4. The van der Waals surface area contributed by atoms with Crippen molar-refractivity contribution in [3.63, 3.8) is 0 Å². The third-order valence-electron chi connectivity index (χ3n) is 10.0. The van der Waals surface area contributed by atoms with Gasteiger partial charge in [-0.25, -0.2) is 14.3 Å². The molecular formula is C28H38N7O3+. The number of piperazine rings is 1. The third kappa shape index (κ3) is 3.75. The van der Waals surface area contributed by atoms with Gasteiger partial charge in [-0.05, 0) is 18.1 Å². The van der Waals surface area contributed by atoms with Gasteiger partial charge in [-0.2, -0.15) is 5.10 Å². The van der Waals surface area contributed by atoms with Crippen LogP contribution in [0.4, 0.5) is 11.5 Å². The largest absolute Gasteiger partial charge is 0.353 e. The standard InChI is InChI=1S/C28H37N7O3/c1-18(36)33-12-14-34(15-13-33)23-9-8-20(17-29-23)35(4)22-16-28(22,2)24(19-6-5-7-19)25(27(35)38)31-26(37)21-10-11-30-32(21)3/h8-11,17,19,22,24-25H,5-7,12-16H2,1-4H3/p+1/t22?,24?,25-,28?,35?/m0/s1. The zero-order valence-corrected chi connectivity index (χ0v) is 22.8. The third-order valence-corrected chi connectivity index (χ3v) is 10.0. The zero-order valence-electron chi connectivity index (χ0n) is 22.8. The van der Waals surface area contributed by atoms with Gasteiger partial charge in [-0.3, -0.25) is 14.3 Å². The fourth-order valence-electron chi connectivity index (χ4n) is 7.44. The van der Waals surface area contributed by atoms with Gasteiger partial charge >= 0.3 is 5.91 Å². The summed E-state index contributed by atoms with van der Waals surface area (Å²) in [6, 6.07) is 5.33. The predicted octanol–water partition coefficient (Wildman–Crippen LogP) is 1.95. The number of amides is 3. The summed E-state index contributed by atoms with van der Waals surface area (Å²) in [5.74, 6) is 1.37. The Labute approximate surface area is 223 Å². The molecular weight excluding hydrogens is 482 g/mol. The number of anilines is 1. The molecule has 1 N–H and O–H groups in total. The molecule has 2 aromatic rings.